The van der Waals surface area contributed by atoms with Gasteiger partial charge in [0.25, 0.3) is 0 Å². The molecule has 1 aliphatic rings. The predicted octanol–water partition coefficient (Wildman–Crippen LogP) is 7.87. The summed E-state index contributed by atoms with van der Waals surface area (Å²) in [5.41, 5.74) is 8.86. The van der Waals surface area contributed by atoms with E-state index < -0.39 is 0 Å². The highest BCUT2D eigenvalue weighted by molar-refractivity contribution is 6.00. The van der Waals surface area contributed by atoms with E-state index in [0.717, 1.165) is 24.8 Å². The molecule has 152 valence electrons. The lowest BCUT2D eigenvalue weighted by Gasteiger charge is -2.23. The Morgan fingerprint density at radius 3 is 2.39 bits per heavy atom. The summed E-state index contributed by atoms with van der Waals surface area (Å²) >= 11 is 0. The molecule has 0 saturated carbocycles. The van der Waals surface area contributed by atoms with Gasteiger partial charge in [-0.3, -0.25) is 0 Å². The molecule has 0 radical (unpaired) electrons. The van der Waals surface area contributed by atoms with Gasteiger partial charge in [0.05, 0.1) is 0 Å². The fourth-order valence-electron chi connectivity index (χ4n) is 5.03. The smallest absolute Gasteiger partial charge is 0.0358 e. The predicted molar refractivity (Wildman–Crippen MR) is 133 cm³/mol. The second kappa shape index (κ2) is 8.35. The monoisotopic (exact) mass is 401 g/mol. The molecule has 0 bridgehead atoms. The molecule has 1 unspecified atom stereocenters. The van der Waals surface area contributed by atoms with Gasteiger partial charge in [-0.1, -0.05) is 92.2 Å². The standard InChI is InChI=1S/C30H27N/c1-2-3-15-26-24-16-9-7-13-22(24)19-28(29(26)20-31)30-25-17-10-8-14-23(25)18-27(30)21-11-5-4-6-12-21/h4-14,16-20,30-31H,2-3,15H2,1H3. The Balaban J connectivity index is 1.79. The summed E-state index contributed by atoms with van der Waals surface area (Å²) in [6.07, 6.45) is 7.23. The summed E-state index contributed by atoms with van der Waals surface area (Å²) in [5, 5.41) is 11.0. The van der Waals surface area contributed by atoms with Crippen molar-refractivity contribution in [1.82, 2.24) is 0 Å². The van der Waals surface area contributed by atoms with Crippen LogP contribution in [-0.4, -0.2) is 6.21 Å². The van der Waals surface area contributed by atoms with Crippen LogP contribution < -0.4 is 0 Å². The van der Waals surface area contributed by atoms with E-state index >= 15 is 0 Å². The number of hydrogen-bond donors (Lipinski definition) is 1. The highest BCUT2D eigenvalue weighted by atomic mass is 14.4. The molecule has 4 aromatic carbocycles. The number of aryl methyl sites for hydroxylation is 1. The van der Waals surface area contributed by atoms with E-state index in [1.165, 1.54) is 44.2 Å². The first kappa shape index (κ1) is 19.5. The SMILES string of the molecule is CCCCc1c(C=N)c(C2C(c3ccccc3)=Cc3ccccc32)cc2ccccc12. The molecule has 1 aliphatic carbocycles. The van der Waals surface area contributed by atoms with Crippen molar-refractivity contribution in [1.29, 1.82) is 5.41 Å². The molecule has 5 rings (SSSR count). The fraction of sp³-hybridized carbons (Fsp3) is 0.167. The van der Waals surface area contributed by atoms with Gasteiger partial charge in [-0.05, 0) is 74.7 Å². The summed E-state index contributed by atoms with van der Waals surface area (Å²) < 4.78 is 0. The van der Waals surface area contributed by atoms with Crippen molar-refractivity contribution in [2.24, 2.45) is 0 Å². The highest BCUT2D eigenvalue weighted by Crippen LogP contribution is 2.48. The maximum atomic E-state index is 8.41. The molecule has 1 atom stereocenters. The van der Waals surface area contributed by atoms with E-state index in [1.54, 1.807) is 6.21 Å². The van der Waals surface area contributed by atoms with Crippen LogP contribution in [-0.2, 0) is 6.42 Å². The Hall–Kier alpha value is -3.45. The van der Waals surface area contributed by atoms with Crippen molar-refractivity contribution < 1.29 is 0 Å². The molecular formula is C30H27N. The van der Waals surface area contributed by atoms with Crippen LogP contribution in [0.4, 0.5) is 0 Å². The lowest BCUT2D eigenvalue weighted by atomic mass is 9.80. The van der Waals surface area contributed by atoms with Crippen molar-refractivity contribution in [2.75, 3.05) is 0 Å². The molecule has 0 saturated heterocycles. The van der Waals surface area contributed by atoms with Crippen molar-refractivity contribution in [3.8, 4) is 0 Å². The maximum Gasteiger partial charge on any atom is 0.0358 e. The molecule has 0 fully saturated rings. The van der Waals surface area contributed by atoms with Crippen LogP contribution in [0, 0.1) is 5.41 Å². The van der Waals surface area contributed by atoms with Crippen molar-refractivity contribution in [3.05, 3.63) is 118 Å². The first-order chi connectivity index (χ1) is 15.3. The lowest BCUT2D eigenvalue weighted by molar-refractivity contribution is 0.797. The van der Waals surface area contributed by atoms with E-state index in [9.17, 15) is 0 Å². The minimum Gasteiger partial charge on any atom is -0.308 e. The normalized spacial score (nSPS) is 15.0. The summed E-state index contributed by atoms with van der Waals surface area (Å²) in [6.45, 7) is 2.24. The van der Waals surface area contributed by atoms with Gasteiger partial charge >= 0.3 is 0 Å². The third-order valence-corrected chi connectivity index (χ3v) is 6.50. The summed E-state index contributed by atoms with van der Waals surface area (Å²) in [5.74, 6) is 0.139. The van der Waals surface area contributed by atoms with Crippen molar-refractivity contribution in [3.63, 3.8) is 0 Å². The Bertz CT molecular complexity index is 1280. The first-order valence-electron chi connectivity index (χ1n) is 11.2. The summed E-state index contributed by atoms with van der Waals surface area (Å²) in [6, 6.07) is 30.4. The average molecular weight is 402 g/mol. The summed E-state index contributed by atoms with van der Waals surface area (Å²) in [4.78, 5) is 0. The van der Waals surface area contributed by atoms with Gasteiger partial charge in [-0.25, -0.2) is 0 Å². The minimum atomic E-state index is 0.139. The van der Waals surface area contributed by atoms with E-state index in [4.69, 9.17) is 5.41 Å². The van der Waals surface area contributed by atoms with Crippen molar-refractivity contribution >= 4 is 28.6 Å². The number of nitrogens with one attached hydrogen (secondary N) is 1. The minimum absolute atomic E-state index is 0.139. The molecule has 0 heterocycles. The topological polar surface area (TPSA) is 23.9 Å². The zero-order chi connectivity index (χ0) is 21.2. The Morgan fingerprint density at radius 1 is 0.839 bits per heavy atom. The lowest BCUT2D eigenvalue weighted by Crippen LogP contribution is -2.08. The van der Waals surface area contributed by atoms with E-state index in [2.05, 4.69) is 97.9 Å². The molecular weight excluding hydrogens is 374 g/mol. The third kappa shape index (κ3) is 3.41. The Labute approximate surface area is 184 Å². The second-order valence-corrected chi connectivity index (χ2v) is 8.35. The van der Waals surface area contributed by atoms with Crippen LogP contribution in [0.2, 0.25) is 0 Å². The van der Waals surface area contributed by atoms with Gasteiger partial charge in [0.2, 0.25) is 0 Å². The van der Waals surface area contributed by atoms with Gasteiger partial charge in [0.15, 0.2) is 0 Å². The molecule has 4 aromatic rings. The fourth-order valence-corrected chi connectivity index (χ4v) is 5.03. The molecule has 0 aromatic heterocycles. The van der Waals surface area contributed by atoms with E-state index in [1.807, 2.05) is 0 Å². The number of hydrogen-bond acceptors (Lipinski definition) is 1. The van der Waals surface area contributed by atoms with Crippen LogP contribution in [0.25, 0.3) is 22.4 Å². The Kier molecular flexibility index (Phi) is 5.26. The molecule has 0 aliphatic heterocycles. The van der Waals surface area contributed by atoms with Gasteiger partial charge in [-0.15, -0.1) is 0 Å². The molecule has 1 heteroatoms. The number of benzene rings is 4. The largest absolute Gasteiger partial charge is 0.308 e. The number of allylic oxidation sites excluding steroid dienone is 1. The molecule has 1 nitrogen and oxygen atoms in total. The number of fused-ring (bicyclic) bond motifs is 2. The van der Waals surface area contributed by atoms with Crippen LogP contribution in [0.5, 0.6) is 0 Å². The molecule has 0 spiro atoms. The summed E-state index contributed by atoms with van der Waals surface area (Å²) in [7, 11) is 0. The van der Waals surface area contributed by atoms with Crippen LogP contribution >= 0.6 is 0 Å². The number of rotatable bonds is 6. The van der Waals surface area contributed by atoms with Gasteiger partial charge in [-0.2, -0.15) is 0 Å². The first-order valence-corrected chi connectivity index (χ1v) is 11.2. The zero-order valence-corrected chi connectivity index (χ0v) is 17.9. The van der Waals surface area contributed by atoms with Gasteiger partial charge in [0.1, 0.15) is 0 Å². The second-order valence-electron chi connectivity index (χ2n) is 8.35. The molecule has 1 N–H and O–H groups in total. The molecule has 31 heavy (non-hydrogen) atoms. The maximum absolute atomic E-state index is 8.41. The zero-order valence-electron chi connectivity index (χ0n) is 17.9. The van der Waals surface area contributed by atoms with Gasteiger partial charge in [0, 0.05) is 12.1 Å². The van der Waals surface area contributed by atoms with Crippen molar-refractivity contribution in [2.45, 2.75) is 32.1 Å². The van der Waals surface area contributed by atoms with E-state index in [0.29, 0.717) is 0 Å². The average Bonchev–Trinajstić information content (AvgIpc) is 3.22. The third-order valence-electron chi connectivity index (χ3n) is 6.50. The van der Waals surface area contributed by atoms with E-state index in [-0.39, 0.29) is 5.92 Å². The number of unbranched alkanes of at least 4 members (excludes halogenated alkanes) is 1. The Morgan fingerprint density at radius 2 is 1.58 bits per heavy atom. The molecule has 0 amide bonds. The highest BCUT2D eigenvalue weighted by Gasteiger charge is 2.30. The van der Waals surface area contributed by atoms with Crippen LogP contribution in [0.1, 0.15) is 59.1 Å². The van der Waals surface area contributed by atoms with Crippen LogP contribution in [0.15, 0.2) is 84.9 Å². The van der Waals surface area contributed by atoms with Crippen LogP contribution in [0.3, 0.4) is 0 Å². The van der Waals surface area contributed by atoms with Gasteiger partial charge < -0.3 is 5.41 Å². The quantitative estimate of drug-likeness (QED) is 0.318.